The highest BCUT2D eigenvalue weighted by atomic mass is 15.1. The van der Waals surface area contributed by atoms with Crippen molar-refractivity contribution in [3.8, 4) is 0 Å². The lowest BCUT2D eigenvalue weighted by Gasteiger charge is -1.99. The molecule has 0 bridgehead atoms. The predicted octanol–water partition coefficient (Wildman–Crippen LogP) is 5.75. The minimum Gasteiger partial charge on any atom is -0.230 e. The molecule has 2 aromatic heterocycles. The third kappa shape index (κ3) is 4.67. The molecule has 4 heteroatoms. The van der Waals surface area contributed by atoms with E-state index < -0.39 is 0 Å². The molecule has 0 saturated heterocycles. The molecule has 6 rings (SSSR count). The van der Waals surface area contributed by atoms with E-state index in [9.17, 15) is 0 Å². The zero-order valence-corrected chi connectivity index (χ0v) is 20.6. The molecule has 0 amide bonds. The van der Waals surface area contributed by atoms with Gasteiger partial charge in [-0.1, -0.05) is 84.9 Å². The van der Waals surface area contributed by atoms with E-state index in [-0.39, 0.29) is 0 Å². The van der Waals surface area contributed by atoms with Gasteiger partial charge in [0.05, 0.1) is 13.1 Å². The van der Waals surface area contributed by atoms with Crippen LogP contribution in [0.3, 0.4) is 0 Å². The number of fused-ring (bicyclic) bond motifs is 2. The number of unbranched alkanes of at least 4 members (excludes halogenated alkanes) is 1. The number of rotatable bonds is 9. The summed E-state index contributed by atoms with van der Waals surface area (Å²) in [6.07, 6.45) is 6.84. The molecule has 36 heavy (non-hydrogen) atoms. The lowest BCUT2D eigenvalue weighted by Crippen LogP contribution is -2.32. The summed E-state index contributed by atoms with van der Waals surface area (Å²) in [5, 5.41) is 0. The highest BCUT2D eigenvalue weighted by Crippen LogP contribution is 2.15. The Morgan fingerprint density at radius 1 is 0.444 bits per heavy atom. The van der Waals surface area contributed by atoms with Crippen LogP contribution in [0.1, 0.15) is 24.0 Å². The number of aryl methyl sites for hydroxylation is 2. The monoisotopic (exact) mass is 472 g/mol. The van der Waals surface area contributed by atoms with Gasteiger partial charge in [0, 0.05) is 0 Å². The summed E-state index contributed by atoms with van der Waals surface area (Å²) in [6, 6.07) is 38.9. The molecule has 0 saturated carbocycles. The van der Waals surface area contributed by atoms with Crippen molar-refractivity contribution in [2.75, 3.05) is 0 Å². The van der Waals surface area contributed by atoms with E-state index >= 15 is 0 Å². The van der Waals surface area contributed by atoms with Gasteiger partial charge in [-0.25, -0.2) is 18.3 Å². The van der Waals surface area contributed by atoms with Crippen LogP contribution in [-0.2, 0) is 26.2 Å². The van der Waals surface area contributed by atoms with Gasteiger partial charge in [-0.2, -0.15) is 0 Å². The molecule has 0 fully saturated rings. The van der Waals surface area contributed by atoms with E-state index in [2.05, 4.69) is 140 Å². The molecule has 4 nitrogen and oxygen atoms in total. The first-order valence-electron chi connectivity index (χ1n) is 12.9. The average Bonchev–Trinajstić information content (AvgIpc) is 3.46. The molecule has 0 aliphatic carbocycles. The Morgan fingerprint density at radius 3 is 1.28 bits per heavy atom. The zero-order chi connectivity index (χ0) is 24.2. The molecule has 0 aliphatic heterocycles. The first kappa shape index (κ1) is 22.3. The number of imidazole rings is 2. The lowest BCUT2D eigenvalue weighted by molar-refractivity contribution is -0.663. The summed E-state index contributed by atoms with van der Waals surface area (Å²) in [4.78, 5) is 0. The Bertz CT molecular complexity index is 1460. The third-order valence-electron chi connectivity index (χ3n) is 7.00. The van der Waals surface area contributed by atoms with Crippen molar-refractivity contribution >= 4 is 22.1 Å². The van der Waals surface area contributed by atoms with Crippen LogP contribution in [0.15, 0.2) is 122 Å². The minimum atomic E-state index is 0.894. The Morgan fingerprint density at radius 2 is 0.833 bits per heavy atom. The van der Waals surface area contributed by atoms with Crippen LogP contribution in [-0.4, -0.2) is 9.13 Å². The van der Waals surface area contributed by atoms with Gasteiger partial charge in [0.25, 0.3) is 0 Å². The molecule has 0 radical (unpaired) electrons. The van der Waals surface area contributed by atoms with E-state index in [0.717, 1.165) is 39.0 Å². The van der Waals surface area contributed by atoms with Crippen LogP contribution in [0.2, 0.25) is 0 Å². The predicted molar refractivity (Wildman–Crippen MR) is 145 cm³/mol. The minimum absolute atomic E-state index is 0.894. The van der Waals surface area contributed by atoms with Crippen molar-refractivity contribution in [3.63, 3.8) is 0 Å². The van der Waals surface area contributed by atoms with Crippen molar-refractivity contribution in [2.24, 2.45) is 0 Å². The van der Waals surface area contributed by atoms with E-state index in [4.69, 9.17) is 0 Å². The van der Waals surface area contributed by atoms with Gasteiger partial charge in [-0.05, 0) is 48.2 Å². The second kappa shape index (κ2) is 10.2. The first-order chi connectivity index (χ1) is 17.8. The average molecular weight is 473 g/mol. The third-order valence-corrected chi connectivity index (χ3v) is 7.00. The molecule has 4 aromatic carbocycles. The smallest absolute Gasteiger partial charge is 0.230 e. The zero-order valence-electron chi connectivity index (χ0n) is 20.6. The summed E-state index contributed by atoms with van der Waals surface area (Å²) in [7, 11) is 0. The number of benzene rings is 4. The van der Waals surface area contributed by atoms with Crippen LogP contribution in [0.25, 0.3) is 22.1 Å². The van der Waals surface area contributed by atoms with Gasteiger partial charge in [-0.15, -0.1) is 0 Å². The summed E-state index contributed by atoms with van der Waals surface area (Å²) < 4.78 is 9.58. The van der Waals surface area contributed by atoms with Crippen LogP contribution in [0.5, 0.6) is 0 Å². The van der Waals surface area contributed by atoms with Gasteiger partial charge in [0.15, 0.2) is 22.1 Å². The van der Waals surface area contributed by atoms with E-state index in [1.807, 2.05) is 0 Å². The molecule has 6 aromatic rings. The highest BCUT2D eigenvalue weighted by molar-refractivity contribution is 5.72. The fourth-order valence-corrected chi connectivity index (χ4v) is 5.22. The second-order valence-electron chi connectivity index (χ2n) is 9.53. The molecule has 0 atom stereocenters. The quantitative estimate of drug-likeness (QED) is 0.188. The maximum atomic E-state index is 2.42. The Labute approximate surface area is 212 Å². The van der Waals surface area contributed by atoms with Crippen LogP contribution < -0.4 is 9.13 Å². The number of para-hydroxylation sites is 4. The van der Waals surface area contributed by atoms with E-state index in [1.54, 1.807) is 0 Å². The number of hydrogen-bond donors (Lipinski definition) is 0. The first-order valence-corrected chi connectivity index (χ1v) is 12.9. The largest absolute Gasteiger partial charge is 0.245 e. The molecule has 0 N–H and O–H groups in total. The van der Waals surface area contributed by atoms with Crippen LogP contribution >= 0.6 is 0 Å². The Kier molecular flexibility index (Phi) is 6.32. The van der Waals surface area contributed by atoms with Crippen LogP contribution in [0.4, 0.5) is 0 Å². The van der Waals surface area contributed by atoms with E-state index in [0.29, 0.717) is 0 Å². The Balaban J connectivity index is 1.16. The van der Waals surface area contributed by atoms with Crippen molar-refractivity contribution < 1.29 is 9.13 Å². The van der Waals surface area contributed by atoms with Gasteiger partial charge < -0.3 is 0 Å². The fraction of sp³-hybridized carbons (Fsp3) is 0.188. The standard InChI is InChI=1S/C32H32N4/c1-3-13-27(14-4-1)23-35-25-33(29-17-7-9-19-31(29)35)21-11-12-22-34-26-36(24-28-15-5-2-6-16-28)32-20-10-8-18-30(32)34/h1-10,13-20,25-26H,11-12,21-24H2/q+2. The summed E-state index contributed by atoms with van der Waals surface area (Å²) in [5.74, 6) is 0. The number of nitrogens with zero attached hydrogens (tertiary/aromatic N) is 4. The maximum absolute atomic E-state index is 2.42. The molecule has 2 heterocycles. The maximum Gasteiger partial charge on any atom is 0.245 e. The second-order valence-corrected chi connectivity index (χ2v) is 9.53. The van der Waals surface area contributed by atoms with E-state index in [1.165, 1.54) is 33.2 Å². The summed E-state index contributed by atoms with van der Waals surface area (Å²) >= 11 is 0. The molecular formula is C32H32N4+2. The SMILES string of the molecule is c1ccc(C[n+]2cn(CCCCn3c[n+](Cc4ccccc4)c4ccccc43)c3ccccc32)cc1. The van der Waals surface area contributed by atoms with Gasteiger partial charge in [0.1, 0.15) is 13.1 Å². The van der Waals surface area contributed by atoms with Crippen molar-refractivity contribution in [1.29, 1.82) is 0 Å². The number of aromatic nitrogens is 4. The van der Waals surface area contributed by atoms with Gasteiger partial charge >= 0.3 is 0 Å². The lowest BCUT2D eigenvalue weighted by atomic mass is 10.2. The Hall–Kier alpha value is -4.18. The van der Waals surface area contributed by atoms with Gasteiger partial charge in [0.2, 0.25) is 12.7 Å². The molecule has 178 valence electrons. The van der Waals surface area contributed by atoms with Crippen LogP contribution in [0, 0.1) is 0 Å². The normalized spacial score (nSPS) is 11.4. The molecular weight excluding hydrogens is 440 g/mol. The number of hydrogen-bond acceptors (Lipinski definition) is 0. The summed E-state index contributed by atoms with van der Waals surface area (Å²) in [5.41, 5.74) is 7.85. The summed E-state index contributed by atoms with van der Waals surface area (Å²) in [6.45, 7) is 3.83. The highest BCUT2D eigenvalue weighted by Gasteiger charge is 2.17. The molecule has 0 unspecified atom stereocenters. The van der Waals surface area contributed by atoms with Crippen molar-refractivity contribution in [2.45, 2.75) is 39.0 Å². The fourth-order valence-electron chi connectivity index (χ4n) is 5.22. The van der Waals surface area contributed by atoms with Gasteiger partial charge in [-0.3, -0.25) is 0 Å². The topological polar surface area (TPSA) is 17.6 Å². The molecule has 0 aliphatic rings. The molecule has 0 spiro atoms. The van der Waals surface area contributed by atoms with Crippen molar-refractivity contribution in [3.05, 3.63) is 133 Å². The van der Waals surface area contributed by atoms with Crippen molar-refractivity contribution in [1.82, 2.24) is 9.13 Å².